The first-order chi connectivity index (χ1) is 23.5. The van der Waals surface area contributed by atoms with Crippen LogP contribution in [0.2, 0.25) is 0 Å². The maximum Gasteiger partial charge on any atom is 0.416 e. The van der Waals surface area contributed by atoms with Gasteiger partial charge in [-0.3, -0.25) is 9.59 Å². The Morgan fingerprint density at radius 1 is 0.918 bits per heavy atom. The summed E-state index contributed by atoms with van der Waals surface area (Å²) in [6.45, 7) is 9.12. The first-order valence-electron chi connectivity index (χ1n) is 16.7. The van der Waals surface area contributed by atoms with Gasteiger partial charge in [0.15, 0.2) is 5.16 Å². The van der Waals surface area contributed by atoms with E-state index < -0.39 is 11.7 Å². The van der Waals surface area contributed by atoms with Gasteiger partial charge < -0.3 is 14.4 Å². The number of carbonyl (C=O) groups excluding carboxylic acids is 1. The molecule has 1 atom stereocenters. The molecule has 1 amide bonds. The minimum atomic E-state index is -4.39. The molecule has 0 bridgehead atoms. The van der Waals surface area contributed by atoms with Crippen LogP contribution in [-0.2, 0) is 42.7 Å². The van der Waals surface area contributed by atoms with E-state index in [1.165, 1.54) is 36.0 Å². The third kappa shape index (κ3) is 9.19. The van der Waals surface area contributed by atoms with Crippen molar-refractivity contribution in [2.75, 3.05) is 19.6 Å². The standard InChI is InChI=1S/C38H42F4N4O2S/c1-4-44(5-2)26(3)21-22-45(23-27-9-13-29(14-10-27)30-15-17-31(18-16-30)38(40,41)42)35(47)24-46-34-8-6-7-33(34)36(48)43-37(46)49-25-28-11-19-32(39)20-12-28/h9-20,26H,4-8,21-25H2,1-3H3. The normalized spacial score (nSPS) is 13.5. The molecule has 1 heterocycles. The molecule has 1 aromatic heterocycles. The molecule has 0 radical (unpaired) electrons. The molecule has 3 aromatic carbocycles. The molecule has 4 aromatic rings. The van der Waals surface area contributed by atoms with Gasteiger partial charge in [-0.05, 0) is 92.2 Å². The lowest BCUT2D eigenvalue weighted by molar-refractivity contribution is -0.137. The van der Waals surface area contributed by atoms with Crippen LogP contribution in [-0.4, -0.2) is 50.9 Å². The summed E-state index contributed by atoms with van der Waals surface area (Å²) in [7, 11) is 0. The van der Waals surface area contributed by atoms with Crippen LogP contribution in [0, 0.1) is 5.82 Å². The van der Waals surface area contributed by atoms with E-state index in [-0.39, 0.29) is 29.9 Å². The smallest absolute Gasteiger partial charge is 0.337 e. The van der Waals surface area contributed by atoms with Gasteiger partial charge in [0.2, 0.25) is 5.91 Å². The van der Waals surface area contributed by atoms with Gasteiger partial charge in [0, 0.05) is 36.1 Å². The van der Waals surface area contributed by atoms with Crippen molar-refractivity contribution in [2.45, 2.75) is 82.7 Å². The lowest BCUT2D eigenvalue weighted by atomic mass is 10.0. The second-order valence-corrected chi connectivity index (χ2v) is 13.4. The molecular formula is C38H42F4N4O2S. The number of benzene rings is 3. The molecular weight excluding hydrogens is 653 g/mol. The van der Waals surface area contributed by atoms with Crippen molar-refractivity contribution < 1.29 is 22.4 Å². The molecule has 5 rings (SSSR count). The molecule has 0 aliphatic heterocycles. The highest BCUT2D eigenvalue weighted by Gasteiger charge is 2.30. The van der Waals surface area contributed by atoms with Gasteiger partial charge in [-0.25, -0.2) is 4.39 Å². The molecule has 0 spiro atoms. The molecule has 0 saturated heterocycles. The van der Waals surface area contributed by atoms with Gasteiger partial charge in [-0.1, -0.05) is 74.1 Å². The molecule has 1 unspecified atom stereocenters. The Hall–Kier alpha value is -3.96. The summed E-state index contributed by atoms with van der Waals surface area (Å²) in [5.41, 5.74) is 3.80. The maximum absolute atomic E-state index is 14.2. The highest BCUT2D eigenvalue weighted by molar-refractivity contribution is 7.98. The van der Waals surface area contributed by atoms with Crippen LogP contribution in [0.4, 0.5) is 17.6 Å². The monoisotopic (exact) mass is 694 g/mol. The van der Waals surface area contributed by atoms with Crippen LogP contribution in [0.3, 0.4) is 0 Å². The zero-order valence-electron chi connectivity index (χ0n) is 28.1. The third-order valence-electron chi connectivity index (χ3n) is 9.25. The highest BCUT2D eigenvalue weighted by Crippen LogP contribution is 2.31. The van der Waals surface area contributed by atoms with E-state index in [9.17, 15) is 27.2 Å². The van der Waals surface area contributed by atoms with Crippen LogP contribution >= 0.6 is 11.8 Å². The predicted molar refractivity (Wildman–Crippen MR) is 186 cm³/mol. The number of hydrogen-bond acceptors (Lipinski definition) is 5. The number of halogens is 4. The number of aromatic nitrogens is 2. The lowest BCUT2D eigenvalue weighted by Gasteiger charge is -2.30. The summed E-state index contributed by atoms with van der Waals surface area (Å²) in [6.07, 6.45) is -1.48. The van der Waals surface area contributed by atoms with Crippen LogP contribution in [0.5, 0.6) is 0 Å². The van der Waals surface area contributed by atoms with Gasteiger partial charge in [0.05, 0.1) is 5.56 Å². The van der Waals surface area contributed by atoms with Crippen LogP contribution in [0.1, 0.15) is 61.6 Å². The Morgan fingerprint density at radius 2 is 1.53 bits per heavy atom. The lowest BCUT2D eigenvalue weighted by Crippen LogP contribution is -2.40. The molecule has 1 aliphatic carbocycles. The van der Waals surface area contributed by atoms with E-state index in [1.807, 2.05) is 33.7 Å². The number of nitrogens with zero attached hydrogens (tertiary/aromatic N) is 4. The van der Waals surface area contributed by atoms with Crippen molar-refractivity contribution in [3.8, 4) is 11.1 Å². The van der Waals surface area contributed by atoms with Crippen LogP contribution < -0.4 is 5.56 Å². The predicted octanol–water partition coefficient (Wildman–Crippen LogP) is 8.00. The fourth-order valence-corrected chi connectivity index (χ4v) is 7.33. The SMILES string of the molecule is CCN(CC)C(C)CCN(Cc1ccc(-c2ccc(C(F)(F)F)cc2)cc1)C(=O)Cn1c(SCc2ccc(F)cc2)nc(=O)c2c1CCC2. The van der Waals surface area contributed by atoms with Crippen LogP contribution in [0.15, 0.2) is 82.7 Å². The zero-order valence-corrected chi connectivity index (χ0v) is 28.9. The minimum absolute atomic E-state index is 0.0324. The number of thioether (sulfide) groups is 1. The molecule has 0 saturated carbocycles. The van der Waals surface area contributed by atoms with Crippen molar-refractivity contribution >= 4 is 17.7 Å². The van der Waals surface area contributed by atoms with Crippen molar-refractivity contribution in [1.82, 2.24) is 19.4 Å². The van der Waals surface area contributed by atoms with Gasteiger partial charge in [-0.15, -0.1) is 0 Å². The highest BCUT2D eigenvalue weighted by atomic mass is 32.2. The summed E-state index contributed by atoms with van der Waals surface area (Å²) < 4.78 is 54.6. The van der Waals surface area contributed by atoms with Gasteiger partial charge in [-0.2, -0.15) is 18.2 Å². The molecule has 260 valence electrons. The molecule has 6 nitrogen and oxygen atoms in total. The Balaban J connectivity index is 1.38. The number of amides is 1. The van der Waals surface area contributed by atoms with Crippen molar-refractivity contribution in [3.63, 3.8) is 0 Å². The summed E-state index contributed by atoms with van der Waals surface area (Å²) in [5, 5.41) is 0.473. The largest absolute Gasteiger partial charge is 0.416 e. The van der Waals surface area contributed by atoms with Gasteiger partial charge >= 0.3 is 6.18 Å². The first-order valence-corrected chi connectivity index (χ1v) is 17.7. The Morgan fingerprint density at radius 3 is 2.14 bits per heavy atom. The molecule has 0 N–H and O–H groups in total. The molecule has 0 fully saturated rings. The summed E-state index contributed by atoms with van der Waals surface area (Å²) >= 11 is 1.36. The average molecular weight is 695 g/mol. The van der Waals surface area contributed by atoms with Gasteiger partial charge in [0.25, 0.3) is 5.56 Å². The Labute approximate surface area is 289 Å². The van der Waals surface area contributed by atoms with E-state index >= 15 is 0 Å². The fraction of sp³-hybridized carbons (Fsp3) is 0.395. The quantitative estimate of drug-likeness (QED) is 0.0761. The topological polar surface area (TPSA) is 58.4 Å². The maximum atomic E-state index is 14.2. The van der Waals surface area contributed by atoms with E-state index in [1.54, 1.807) is 12.1 Å². The number of hydrogen-bond donors (Lipinski definition) is 0. The van der Waals surface area contributed by atoms with E-state index in [2.05, 4.69) is 30.7 Å². The second-order valence-electron chi connectivity index (χ2n) is 12.4. The minimum Gasteiger partial charge on any atom is -0.337 e. The summed E-state index contributed by atoms with van der Waals surface area (Å²) in [5.74, 6) is 0.0501. The fourth-order valence-electron chi connectivity index (χ4n) is 6.36. The summed E-state index contributed by atoms with van der Waals surface area (Å²) in [6, 6.07) is 19.1. The zero-order chi connectivity index (χ0) is 35.1. The van der Waals surface area contributed by atoms with Crippen molar-refractivity contribution in [2.24, 2.45) is 0 Å². The van der Waals surface area contributed by atoms with E-state index in [4.69, 9.17) is 0 Å². The van der Waals surface area contributed by atoms with Gasteiger partial charge in [0.1, 0.15) is 12.4 Å². The molecule has 1 aliphatic rings. The first kappa shape index (κ1) is 36.3. The van der Waals surface area contributed by atoms with E-state index in [0.717, 1.165) is 60.4 Å². The molecule has 49 heavy (non-hydrogen) atoms. The van der Waals surface area contributed by atoms with Crippen LogP contribution in [0.25, 0.3) is 11.1 Å². The van der Waals surface area contributed by atoms with Crippen molar-refractivity contribution in [1.29, 1.82) is 0 Å². The Bertz CT molecular complexity index is 1770. The Kier molecular flexibility index (Phi) is 12.0. The van der Waals surface area contributed by atoms with Crippen molar-refractivity contribution in [3.05, 3.63) is 117 Å². The second kappa shape index (κ2) is 16.2. The summed E-state index contributed by atoms with van der Waals surface area (Å²) in [4.78, 5) is 35.8. The van der Waals surface area contributed by atoms with E-state index in [0.29, 0.717) is 48.0 Å². The third-order valence-corrected chi connectivity index (χ3v) is 10.3. The average Bonchev–Trinajstić information content (AvgIpc) is 3.59. The molecule has 11 heteroatoms. The number of fused-ring (bicyclic) bond motifs is 1. The number of alkyl halides is 3. The number of carbonyl (C=O) groups is 1. The number of rotatable bonds is 14.